The van der Waals surface area contributed by atoms with Crippen LogP contribution in [0, 0.1) is 0 Å². The summed E-state index contributed by atoms with van der Waals surface area (Å²) in [6, 6.07) is 27.2. The molecule has 34 heavy (non-hydrogen) atoms. The Morgan fingerprint density at radius 1 is 0.882 bits per heavy atom. The van der Waals surface area contributed by atoms with Crippen molar-refractivity contribution in [3.63, 3.8) is 0 Å². The number of aromatic amines is 1. The maximum atomic E-state index is 13.8. The van der Waals surface area contributed by atoms with Gasteiger partial charge in [0.1, 0.15) is 0 Å². The number of benzene rings is 3. The predicted octanol–water partition coefficient (Wildman–Crippen LogP) is 5.84. The smallest absolute Gasteiger partial charge is 0.223 e. The van der Waals surface area contributed by atoms with Crippen LogP contribution in [-0.4, -0.2) is 47.9 Å². The number of rotatable bonds is 10. The van der Waals surface area contributed by atoms with Crippen molar-refractivity contribution in [1.29, 1.82) is 0 Å². The molecule has 0 spiro atoms. The van der Waals surface area contributed by atoms with Gasteiger partial charge in [-0.15, -0.1) is 0 Å². The molecule has 176 valence electrons. The Bertz CT molecular complexity index is 1200. The molecule has 0 aliphatic carbocycles. The zero-order valence-electron chi connectivity index (χ0n) is 20.5. The zero-order chi connectivity index (χ0) is 23.9. The predicted molar refractivity (Wildman–Crippen MR) is 141 cm³/mol. The van der Waals surface area contributed by atoms with E-state index in [1.165, 1.54) is 27.6 Å². The van der Waals surface area contributed by atoms with E-state index in [0.717, 1.165) is 18.5 Å². The quantitative estimate of drug-likeness (QED) is 0.327. The molecule has 1 unspecified atom stereocenters. The Kier molecular flexibility index (Phi) is 7.81. The van der Waals surface area contributed by atoms with Gasteiger partial charge in [0.05, 0.1) is 0 Å². The molecule has 4 rings (SSSR count). The van der Waals surface area contributed by atoms with Crippen molar-refractivity contribution >= 4 is 16.8 Å². The molecule has 4 heteroatoms. The third-order valence-electron chi connectivity index (χ3n) is 6.56. The number of H-pyrrole nitrogens is 1. The van der Waals surface area contributed by atoms with E-state index in [-0.39, 0.29) is 11.8 Å². The Hall–Kier alpha value is -3.37. The number of aromatic nitrogens is 1. The Balaban J connectivity index is 1.67. The van der Waals surface area contributed by atoms with Crippen LogP contribution in [0.15, 0.2) is 85.1 Å². The largest absolute Gasteiger partial charge is 0.361 e. The number of nitrogens with one attached hydrogen (secondary N) is 1. The van der Waals surface area contributed by atoms with Crippen molar-refractivity contribution in [2.45, 2.75) is 32.2 Å². The van der Waals surface area contributed by atoms with Crippen LogP contribution in [-0.2, 0) is 17.8 Å². The highest BCUT2D eigenvalue weighted by Crippen LogP contribution is 2.35. The van der Waals surface area contributed by atoms with Crippen LogP contribution in [0.5, 0.6) is 0 Å². The molecule has 0 fully saturated rings. The van der Waals surface area contributed by atoms with Crippen molar-refractivity contribution in [2.75, 3.05) is 27.2 Å². The van der Waals surface area contributed by atoms with Gasteiger partial charge in [-0.05, 0) is 42.8 Å². The van der Waals surface area contributed by atoms with Gasteiger partial charge in [-0.3, -0.25) is 4.79 Å². The third kappa shape index (κ3) is 5.57. The van der Waals surface area contributed by atoms with Crippen LogP contribution in [0.4, 0.5) is 0 Å². The lowest BCUT2D eigenvalue weighted by atomic mass is 9.87. The summed E-state index contributed by atoms with van der Waals surface area (Å²) in [5.41, 5.74) is 6.01. The number of hydrogen-bond acceptors (Lipinski definition) is 2. The van der Waals surface area contributed by atoms with Gasteiger partial charge in [0.15, 0.2) is 0 Å². The Morgan fingerprint density at radius 3 is 2.26 bits per heavy atom. The van der Waals surface area contributed by atoms with Crippen LogP contribution >= 0.6 is 0 Å². The molecule has 1 atom stereocenters. The second-order valence-electron chi connectivity index (χ2n) is 9.21. The number of amides is 1. The van der Waals surface area contributed by atoms with Crippen LogP contribution < -0.4 is 0 Å². The van der Waals surface area contributed by atoms with E-state index in [1.54, 1.807) is 0 Å². The average Bonchev–Trinajstić information content (AvgIpc) is 3.30. The lowest BCUT2D eigenvalue weighted by Crippen LogP contribution is -2.37. The molecule has 0 bridgehead atoms. The van der Waals surface area contributed by atoms with Crippen molar-refractivity contribution in [2.24, 2.45) is 0 Å². The maximum absolute atomic E-state index is 13.8. The lowest BCUT2D eigenvalue weighted by molar-refractivity contribution is -0.132. The fourth-order valence-electron chi connectivity index (χ4n) is 4.63. The van der Waals surface area contributed by atoms with Crippen LogP contribution in [0.25, 0.3) is 10.9 Å². The first-order valence-electron chi connectivity index (χ1n) is 12.2. The van der Waals surface area contributed by atoms with Crippen molar-refractivity contribution in [3.8, 4) is 0 Å². The monoisotopic (exact) mass is 453 g/mol. The highest BCUT2D eigenvalue weighted by atomic mass is 16.2. The summed E-state index contributed by atoms with van der Waals surface area (Å²) < 4.78 is 0. The number of carbonyl (C=O) groups excluding carboxylic acids is 1. The van der Waals surface area contributed by atoms with E-state index in [1.807, 2.05) is 29.2 Å². The van der Waals surface area contributed by atoms with Crippen LogP contribution in [0.1, 0.15) is 41.5 Å². The number of aryl methyl sites for hydroxylation is 1. The molecule has 1 heterocycles. The minimum atomic E-state index is -0.00724. The SMILES string of the molecule is CCc1cccc2c(C(CC(=O)N(CCN(C)C)Cc3ccccc3)c3ccccc3)c[nH]c12. The van der Waals surface area contributed by atoms with Gasteiger partial charge in [-0.1, -0.05) is 85.8 Å². The van der Waals surface area contributed by atoms with Gasteiger partial charge in [0.2, 0.25) is 5.91 Å². The lowest BCUT2D eigenvalue weighted by Gasteiger charge is -2.27. The molecule has 1 N–H and O–H groups in total. The maximum Gasteiger partial charge on any atom is 0.223 e. The standard InChI is InChI=1S/C30H35N3O/c1-4-24-16-11-17-26-28(21-31-30(24)26)27(25-14-9-6-10-15-25)20-29(34)33(19-18-32(2)3)22-23-12-7-5-8-13-23/h5-17,21,27,31H,4,18-20,22H2,1-3H3. The summed E-state index contributed by atoms with van der Waals surface area (Å²) in [7, 11) is 4.10. The summed E-state index contributed by atoms with van der Waals surface area (Å²) in [5, 5.41) is 1.21. The van der Waals surface area contributed by atoms with Crippen molar-refractivity contribution in [1.82, 2.24) is 14.8 Å². The molecule has 4 nitrogen and oxygen atoms in total. The third-order valence-corrected chi connectivity index (χ3v) is 6.56. The first-order chi connectivity index (χ1) is 16.6. The zero-order valence-corrected chi connectivity index (χ0v) is 20.5. The molecular weight excluding hydrogens is 418 g/mol. The normalized spacial score (nSPS) is 12.2. The second-order valence-corrected chi connectivity index (χ2v) is 9.21. The molecule has 0 aliphatic heterocycles. The number of fused-ring (bicyclic) bond motifs is 1. The highest BCUT2D eigenvalue weighted by Gasteiger charge is 2.25. The first kappa shape index (κ1) is 23.8. The Labute approximate surface area is 203 Å². The molecule has 3 aromatic carbocycles. The summed E-state index contributed by atoms with van der Waals surface area (Å²) in [4.78, 5) is 21.4. The molecule has 0 saturated heterocycles. The van der Waals surface area contributed by atoms with E-state index in [4.69, 9.17) is 0 Å². The van der Waals surface area contributed by atoms with Gasteiger partial charge in [0, 0.05) is 49.1 Å². The molecular formula is C30H35N3O. The Morgan fingerprint density at radius 2 is 1.59 bits per heavy atom. The molecule has 1 amide bonds. The molecule has 4 aromatic rings. The molecule has 1 aromatic heterocycles. The van der Waals surface area contributed by atoms with Gasteiger partial charge in [-0.25, -0.2) is 0 Å². The van der Waals surface area contributed by atoms with Crippen LogP contribution in [0.3, 0.4) is 0 Å². The summed E-state index contributed by atoms with van der Waals surface area (Å²) in [6.45, 7) is 4.35. The molecule has 0 radical (unpaired) electrons. The fourth-order valence-corrected chi connectivity index (χ4v) is 4.63. The highest BCUT2D eigenvalue weighted by molar-refractivity contribution is 5.88. The van der Waals surface area contributed by atoms with E-state index in [9.17, 15) is 4.79 Å². The molecule has 0 aliphatic rings. The van der Waals surface area contributed by atoms with Crippen molar-refractivity contribution in [3.05, 3.63) is 107 Å². The van der Waals surface area contributed by atoms with Gasteiger partial charge < -0.3 is 14.8 Å². The van der Waals surface area contributed by atoms with Crippen LogP contribution in [0.2, 0.25) is 0 Å². The van der Waals surface area contributed by atoms with Gasteiger partial charge >= 0.3 is 0 Å². The fraction of sp³-hybridized carbons (Fsp3) is 0.300. The minimum Gasteiger partial charge on any atom is -0.361 e. The minimum absolute atomic E-state index is 0.00724. The van der Waals surface area contributed by atoms with Gasteiger partial charge in [-0.2, -0.15) is 0 Å². The van der Waals surface area contributed by atoms with Gasteiger partial charge in [0.25, 0.3) is 0 Å². The summed E-state index contributed by atoms with van der Waals surface area (Å²) in [6.07, 6.45) is 3.52. The average molecular weight is 454 g/mol. The number of carbonyl (C=O) groups is 1. The van der Waals surface area contributed by atoms with E-state index in [2.05, 4.69) is 91.7 Å². The number of likely N-dealkylation sites (N-methyl/N-ethyl adjacent to an activating group) is 1. The van der Waals surface area contributed by atoms with E-state index < -0.39 is 0 Å². The molecule has 0 saturated carbocycles. The first-order valence-corrected chi connectivity index (χ1v) is 12.2. The summed E-state index contributed by atoms with van der Waals surface area (Å²) in [5.74, 6) is 0.174. The van der Waals surface area contributed by atoms with E-state index in [0.29, 0.717) is 19.5 Å². The topological polar surface area (TPSA) is 39.3 Å². The number of nitrogens with zero attached hydrogens (tertiary/aromatic N) is 2. The summed E-state index contributed by atoms with van der Waals surface area (Å²) >= 11 is 0. The van der Waals surface area contributed by atoms with E-state index >= 15 is 0 Å². The number of para-hydroxylation sites is 1. The number of hydrogen-bond donors (Lipinski definition) is 1. The second kappa shape index (κ2) is 11.2. The van der Waals surface area contributed by atoms with Crippen molar-refractivity contribution < 1.29 is 4.79 Å².